The van der Waals surface area contributed by atoms with Crippen LogP contribution >= 0.6 is 0 Å². The Labute approximate surface area is 195 Å². The molecule has 0 spiro atoms. The van der Waals surface area contributed by atoms with Crippen LogP contribution in [0.4, 0.5) is 4.79 Å². The lowest BCUT2D eigenvalue weighted by Crippen LogP contribution is -2.58. The first kappa shape index (κ1) is 26.5. The Morgan fingerprint density at radius 3 is 2.34 bits per heavy atom. The number of ketones is 1. The van der Waals surface area contributed by atoms with Gasteiger partial charge in [0.15, 0.2) is 8.32 Å². The molecule has 1 heterocycles. The Bertz CT molecular complexity index is 768. The maximum absolute atomic E-state index is 12.7. The molecule has 0 saturated carbocycles. The number of nitrogens with zero attached hydrogens (tertiary/aromatic N) is 1. The standard InChI is InChI=1S/C25H42N2O4Si/c1-24(2,3)31-23(29)26-21(18-30-32(7,8)25(4,5)6)22-16-20(28)14-15-27(22)17-19-12-10-9-11-13-19/h9-13,21-22H,14-18H2,1-8H3,(H,26,29)/t21-,22-/m1/s1. The molecule has 1 fully saturated rings. The Morgan fingerprint density at radius 1 is 1.16 bits per heavy atom. The van der Waals surface area contributed by atoms with Gasteiger partial charge < -0.3 is 14.5 Å². The smallest absolute Gasteiger partial charge is 0.408 e. The van der Waals surface area contributed by atoms with Crippen molar-refractivity contribution in [3.63, 3.8) is 0 Å². The zero-order valence-corrected chi connectivity index (χ0v) is 22.2. The summed E-state index contributed by atoms with van der Waals surface area (Å²) in [4.78, 5) is 27.4. The first-order valence-electron chi connectivity index (χ1n) is 11.6. The Kier molecular flexibility index (Phi) is 8.70. The van der Waals surface area contributed by atoms with Gasteiger partial charge in [-0.1, -0.05) is 51.1 Å². The lowest BCUT2D eigenvalue weighted by atomic mass is 9.94. The van der Waals surface area contributed by atoms with Crippen molar-refractivity contribution in [1.29, 1.82) is 0 Å². The van der Waals surface area contributed by atoms with Crippen LogP contribution in [0.5, 0.6) is 0 Å². The summed E-state index contributed by atoms with van der Waals surface area (Å²) in [5, 5.41) is 3.10. The summed E-state index contributed by atoms with van der Waals surface area (Å²) in [6.45, 7) is 18.3. The van der Waals surface area contributed by atoms with Gasteiger partial charge in [-0.05, 0) is 44.5 Å². The Balaban J connectivity index is 2.26. The van der Waals surface area contributed by atoms with Crippen molar-refractivity contribution < 1.29 is 18.8 Å². The van der Waals surface area contributed by atoms with Crippen LogP contribution < -0.4 is 5.32 Å². The average molecular weight is 463 g/mol. The van der Waals surface area contributed by atoms with E-state index in [0.717, 1.165) is 6.54 Å². The second-order valence-electron chi connectivity index (χ2n) is 11.3. The molecule has 180 valence electrons. The van der Waals surface area contributed by atoms with E-state index in [1.165, 1.54) is 5.56 Å². The van der Waals surface area contributed by atoms with Gasteiger partial charge in [0.1, 0.15) is 11.4 Å². The number of Topliss-reactive ketones (excluding diaryl/α,β-unsaturated/α-hetero) is 1. The van der Waals surface area contributed by atoms with Gasteiger partial charge in [-0.3, -0.25) is 9.69 Å². The molecule has 1 amide bonds. The van der Waals surface area contributed by atoms with Crippen LogP contribution in [-0.4, -0.2) is 55.9 Å². The van der Waals surface area contributed by atoms with Gasteiger partial charge >= 0.3 is 6.09 Å². The van der Waals surface area contributed by atoms with Crippen molar-refractivity contribution in [2.45, 2.75) is 96.7 Å². The lowest BCUT2D eigenvalue weighted by molar-refractivity contribution is -0.124. The van der Waals surface area contributed by atoms with E-state index in [9.17, 15) is 9.59 Å². The number of ether oxygens (including phenoxy) is 1. The lowest BCUT2D eigenvalue weighted by Gasteiger charge is -2.42. The van der Waals surface area contributed by atoms with E-state index in [-0.39, 0.29) is 22.9 Å². The highest BCUT2D eigenvalue weighted by molar-refractivity contribution is 6.74. The molecular formula is C25H42N2O4Si. The van der Waals surface area contributed by atoms with Gasteiger partial charge in [-0.15, -0.1) is 0 Å². The van der Waals surface area contributed by atoms with Crippen LogP contribution in [0.15, 0.2) is 30.3 Å². The third-order valence-corrected chi connectivity index (χ3v) is 10.9. The van der Waals surface area contributed by atoms with Gasteiger partial charge in [-0.25, -0.2) is 4.79 Å². The van der Waals surface area contributed by atoms with Crippen LogP contribution in [0, 0.1) is 0 Å². The topological polar surface area (TPSA) is 67.9 Å². The summed E-state index contributed by atoms with van der Waals surface area (Å²) in [5.74, 6) is 0.225. The number of piperidine rings is 1. The summed E-state index contributed by atoms with van der Waals surface area (Å²) in [7, 11) is -2.04. The van der Waals surface area contributed by atoms with Crippen molar-refractivity contribution in [2.75, 3.05) is 13.2 Å². The van der Waals surface area contributed by atoms with E-state index >= 15 is 0 Å². The van der Waals surface area contributed by atoms with Gasteiger partial charge in [0, 0.05) is 32.0 Å². The molecule has 0 aliphatic carbocycles. The number of nitrogens with one attached hydrogen (secondary N) is 1. The monoisotopic (exact) mass is 462 g/mol. The van der Waals surface area contributed by atoms with Crippen molar-refractivity contribution in [1.82, 2.24) is 10.2 Å². The minimum Gasteiger partial charge on any atom is -0.444 e. The molecule has 32 heavy (non-hydrogen) atoms. The molecule has 1 saturated heterocycles. The van der Waals surface area contributed by atoms with E-state index in [4.69, 9.17) is 9.16 Å². The highest BCUT2D eigenvalue weighted by Gasteiger charge is 2.40. The fourth-order valence-electron chi connectivity index (χ4n) is 3.53. The Morgan fingerprint density at radius 2 is 1.78 bits per heavy atom. The molecule has 1 aliphatic heterocycles. The minimum atomic E-state index is -2.04. The molecule has 0 aromatic heterocycles. The van der Waals surface area contributed by atoms with Crippen LogP contribution in [0.1, 0.15) is 59.9 Å². The third-order valence-electron chi connectivity index (χ3n) is 6.41. The highest BCUT2D eigenvalue weighted by Crippen LogP contribution is 2.37. The number of likely N-dealkylation sites (tertiary alicyclic amines) is 1. The molecule has 0 unspecified atom stereocenters. The number of amides is 1. The predicted octanol–water partition coefficient (Wildman–Crippen LogP) is 5.14. The molecule has 1 aromatic rings. The maximum atomic E-state index is 12.7. The number of rotatable bonds is 7. The number of benzene rings is 1. The molecule has 1 aliphatic rings. The second-order valence-corrected chi connectivity index (χ2v) is 16.1. The number of carbonyl (C=O) groups excluding carboxylic acids is 2. The first-order valence-corrected chi connectivity index (χ1v) is 14.5. The zero-order chi connectivity index (χ0) is 24.2. The summed E-state index contributed by atoms with van der Waals surface area (Å²) >= 11 is 0. The number of alkyl carbamates (subject to hydrolysis) is 1. The summed E-state index contributed by atoms with van der Waals surface area (Å²) < 4.78 is 12.0. The van der Waals surface area contributed by atoms with Crippen LogP contribution in [-0.2, 0) is 20.5 Å². The summed E-state index contributed by atoms with van der Waals surface area (Å²) in [6.07, 6.45) is 0.457. The molecule has 6 nitrogen and oxygen atoms in total. The zero-order valence-electron chi connectivity index (χ0n) is 21.2. The Hall–Kier alpha value is -1.70. The molecule has 1 aromatic carbocycles. The van der Waals surface area contributed by atoms with Crippen molar-refractivity contribution in [3.8, 4) is 0 Å². The second kappa shape index (κ2) is 10.5. The summed E-state index contributed by atoms with van der Waals surface area (Å²) in [5.41, 5.74) is 0.592. The number of carbonyl (C=O) groups is 2. The molecule has 2 rings (SSSR count). The van der Waals surface area contributed by atoms with Gasteiger partial charge in [-0.2, -0.15) is 0 Å². The molecular weight excluding hydrogens is 420 g/mol. The average Bonchev–Trinajstić information content (AvgIpc) is 2.65. The van der Waals surface area contributed by atoms with Crippen molar-refractivity contribution in [2.24, 2.45) is 0 Å². The van der Waals surface area contributed by atoms with Crippen LogP contribution in [0.2, 0.25) is 18.1 Å². The normalized spacial score (nSPS) is 19.5. The largest absolute Gasteiger partial charge is 0.444 e. The molecule has 7 heteroatoms. The summed E-state index contributed by atoms with van der Waals surface area (Å²) in [6, 6.07) is 9.75. The van der Waals surface area contributed by atoms with E-state index in [0.29, 0.717) is 26.0 Å². The predicted molar refractivity (Wildman–Crippen MR) is 131 cm³/mol. The molecule has 0 bridgehead atoms. The van der Waals surface area contributed by atoms with E-state index in [1.807, 2.05) is 39.0 Å². The van der Waals surface area contributed by atoms with Gasteiger partial charge in [0.05, 0.1) is 12.6 Å². The quantitative estimate of drug-likeness (QED) is 0.569. The van der Waals surface area contributed by atoms with Crippen LogP contribution in [0.3, 0.4) is 0 Å². The van der Waals surface area contributed by atoms with E-state index in [2.05, 4.69) is 56.2 Å². The highest BCUT2D eigenvalue weighted by atomic mass is 28.4. The molecule has 1 N–H and O–H groups in total. The fraction of sp³-hybridized carbons (Fsp3) is 0.680. The van der Waals surface area contributed by atoms with Crippen molar-refractivity contribution >= 4 is 20.2 Å². The minimum absolute atomic E-state index is 0.0512. The van der Waals surface area contributed by atoms with E-state index in [1.54, 1.807) is 0 Å². The van der Waals surface area contributed by atoms with E-state index < -0.39 is 20.0 Å². The molecule has 0 radical (unpaired) electrons. The van der Waals surface area contributed by atoms with Crippen molar-refractivity contribution in [3.05, 3.63) is 35.9 Å². The third kappa shape index (κ3) is 8.01. The van der Waals surface area contributed by atoms with Gasteiger partial charge in [0.2, 0.25) is 0 Å². The first-order chi connectivity index (χ1) is 14.7. The number of hydrogen-bond donors (Lipinski definition) is 1. The number of hydrogen-bond acceptors (Lipinski definition) is 5. The SMILES string of the molecule is CC(C)(C)OC(=O)N[C@H](CO[Si](C)(C)C(C)(C)C)[C@H]1CC(=O)CCN1Cc1ccccc1. The fourth-order valence-corrected chi connectivity index (χ4v) is 4.56. The van der Waals surface area contributed by atoms with Gasteiger partial charge in [0.25, 0.3) is 0 Å². The maximum Gasteiger partial charge on any atom is 0.408 e. The van der Waals surface area contributed by atoms with Crippen LogP contribution in [0.25, 0.3) is 0 Å². The molecule has 2 atom stereocenters.